The fourth-order valence-corrected chi connectivity index (χ4v) is 1.18. The second-order valence-corrected chi connectivity index (χ2v) is 3.47. The van der Waals surface area contributed by atoms with Crippen molar-refractivity contribution in [3.8, 4) is 0 Å². The predicted molar refractivity (Wildman–Crippen MR) is 46.1 cm³/mol. The Balaban J connectivity index is 2.99. The van der Waals surface area contributed by atoms with Gasteiger partial charge in [0.05, 0.1) is 0 Å². The normalized spacial score (nSPS) is 12.5. The number of aliphatic hydroxyl groups excluding tert-OH is 1. The van der Waals surface area contributed by atoms with E-state index in [2.05, 4.69) is 10.1 Å². The average Bonchev–Trinajstić information content (AvgIpc) is 2.44. The molecule has 0 aliphatic rings. The van der Waals surface area contributed by atoms with Crippen molar-refractivity contribution in [3.63, 3.8) is 0 Å². The van der Waals surface area contributed by atoms with Gasteiger partial charge in [0.2, 0.25) is 0 Å². The van der Waals surface area contributed by atoms with Gasteiger partial charge in [-0.1, -0.05) is 13.8 Å². The zero-order valence-corrected chi connectivity index (χ0v) is 8.41. The summed E-state index contributed by atoms with van der Waals surface area (Å²) < 4.78 is 37.2. The Kier molecular flexibility index (Phi) is 3.33. The van der Waals surface area contributed by atoms with Crippen LogP contribution in [0, 0.1) is 0 Å². The first kappa shape index (κ1) is 12.0. The second-order valence-electron chi connectivity index (χ2n) is 3.47. The van der Waals surface area contributed by atoms with Crippen molar-refractivity contribution in [3.05, 3.63) is 11.6 Å². The van der Waals surface area contributed by atoms with Gasteiger partial charge in [0.15, 0.2) is 5.82 Å². The van der Waals surface area contributed by atoms with Crippen LogP contribution in [-0.2, 0) is 13.2 Å². The largest absolute Gasteiger partial charge is 0.408 e. The van der Waals surface area contributed by atoms with Crippen LogP contribution in [0.1, 0.15) is 31.4 Å². The maximum Gasteiger partial charge on any atom is 0.408 e. The molecule has 0 aliphatic carbocycles. The van der Waals surface area contributed by atoms with E-state index in [0.717, 1.165) is 4.68 Å². The lowest BCUT2D eigenvalue weighted by Gasteiger charge is -2.10. The Bertz CT molecular complexity index is 332. The second kappa shape index (κ2) is 4.18. The van der Waals surface area contributed by atoms with Gasteiger partial charge in [-0.15, -0.1) is 0 Å². The van der Waals surface area contributed by atoms with Gasteiger partial charge in [0.1, 0.15) is 19.0 Å². The molecule has 0 radical (unpaired) electrons. The van der Waals surface area contributed by atoms with Crippen molar-refractivity contribution in [2.75, 3.05) is 0 Å². The SMILES string of the molecule is CC(C)c1nc(CO)nn1CC(F)(F)F. The first-order valence-corrected chi connectivity index (χ1v) is 4.44. The Morgan fingerprint density at radius 3 is 2.40 bits per heavy atom. The van der Waals surface area contributed by atoms with Crippen LogP contribution in [0.4, 0.5) is 13.2 Å². The molecule has 0 atom stereocenters. The van der Waals surface area contributed by atoms with Crippen LogP contribution in [-0.4, -0.2) is 26.0 Å². The van der Waals surface area contributed by atoms with E-state index in [1.54, 1.807) is 13.8 Å². The Morgan fingerprint density at radius 2 is 2.00 bits per heavy atom. The average molecular weight is 223 g/mol. The highest BCUT2D eigenvalue weighted by atomic mass is 19.4. The van der Waals surface area contributed by atoms with Gasteiger partial charge in [-0.05, 0) is 0 Å². The maximum absolute atomic E-state index is 12.1. The lowest BCUT2D eigenvalue weighted by Crippen LogP contribution is -2.21. The van der Waals surface area contributed by atoms with Crippen LogP contribution >= 0.6 is 0 Å². The first-order valence-electron chi connectivity index (χ1n) is 4.44. The Morgan fingerprint density at radius 1 is 1.40 bits per heavy atom. The lowest BCUT2D eigenvalue weighted by atomic mass is 10.2. The molecule has 0 fully saturated rings. The van der Waals surface area contributed by atoms with E-state index in [4.69, 9.17) is 5.11 Å². The van der Waals surface area contributed by atoms with Gasteiger partial charge in [0.25, 0.3) is 0 Å². The molecule has 0 spiro atoms. The Hall–Kier alpha value is -1.11. The standard InChI is InChI=1S/C8H12F3N3O/c1-5(2)7-12-6(3-15)13-14(7)4-8(9,10)11/h5,15H,3-4H2,1-2H3. The first-order chi connectivity index (χ1) is 6.83. The minimum Gasteiger partial charge on any atom is -0.388 e. The number of aliphatic hydroxyl groups is 1. The van der Waals surface area contributed by atoms with E-state index in [9.17, 15) is 13.2 Å². The van der Waals surface area contributed by atoms with E-state index in [1.165, 1.54) is 0 Å². The summed E-state index contributed by atoms with van der Waals surface area (Å²) >= 11 is 0. The molecule has 1 N–H and O–H groups in total. The number of halogens is 3. The minimum absolute atomic E-state index is 0.0166. The summed E-state index contributed by atoms with van der Waals surface area (Å²) in [6.07, 6.45) is -4.33. The highest BCUT2D eigenvalue weighted by molar-refractivity contribution is 4.97. The highest BCUT2D eigenvalue weighted by Gasteiger charge is 2.30. The summed E-state index contributed by atoms with van der Waals surface area (Å²) in [5.41, 5.74) is 0. The molecule has 0 saturated heterocycles. The third-order valence-corrected chi connectivity index (χ3v) is 1.73. The van der Waals surface area contributed by atoms with Crippen LogP contribution in [0.25, 0.3) is 0 Å². The number of alkyl halides is 3. The van der Waals surface area contributed by atoms with Crippen LogP contribution < -0.4 is 0 Å². The molecule has 15 heavy (non-hydrogen) atoms. The molecular weight excluding hydrogens is 211 g/mol. The third-order valence-electron chi connectivity index (χ3n) is 1.73. The predicted octanol–water partition coefficient (Wildman–Crippen LogP) is 1.46. The van der Waals surface area contributed by atoms with Crippen LogP contribution in [0.15, 0.2) is 0 Å². The van der Waals surface area contributed by atoms with E-state index >= 15 is 0 Å². The maximum atomic E-state index is 12.1. The van der Waals surface area contributed by atoms with E-state index in [-0.39, 0.29) is 17.6 Å². The molecule has 0 aromatic carbocycles. The zero-order chi connectivity index (χ0) is 11.6. The molecule has 1 heterocycles. The highest BCUT2D eigenvalue weighted by Crippen LogP contribution is 2.20. The van der Waals surface area contributed by atoms with E-state index in [1.807, 2.05) is 0 Å². The molecule has 1 rings (SSSR count). The summed E-state index contributed by atoms with van der Waals surface area (Å²) in [5.74, 6) is 0.0828. The third kappa shape index (κ3) is 3.19. The number of nitrogens with zero attached hydrogens (tertiary/aromatic N) is 3. The van der Waals surface area contributed by atoms with Gasteiger partial charge in [-0.3, -0.25) is 0 Å². The van der Waals surface area contributed by atoms with Gasteiger partial charge < -0.3 is 5.11 Å². The molecule has 0 aliphatic heterocycles. The van der Waals surface area contributed by atoms with Crippen molar-refractivity contribution in [2.24, 2.45) is 0 Å². The van der Waals surface area contributed by atoms with Crippen molar-refractivity contribution in [1.82, 2.24) is 14.8 Å². The quantitative estimate of drug-likeness (QED) is 0.843. The van der Waals surface area contributed by atoms with Crippen LogP contribution in [0.5, 0.6) is 0 Å². The topological polar surface area (TPSA) is 50.9 Å². The smallest absolute Gasteiger partial charge is 0.388 e. The minimum atomic E-state index is -4.33. The zero-order valence-electron chi connectivity index (χ0n) is 8.41. The van der Waals surface area contributed by atoms with Gasteiger partial charge in [0, 0.05) is 5.92 Å². The van der Waals surface area contributed by atoms with E-state index < -0.39 is 19.3 Å². The van der Waals surface area contributed by atoms with Gasteiger partial charge >= 0.3 is 6.18 Å². The number of aromatic nitrogens is 3. The molecule has 0 bridgehead atoms. The summed E-state index contributed by atoms with van der Waals surface area (Å²) in [6.45, 7) is 1.81. The fourth-order valence-electron chi connectivity index (χ4n) is 1.18. The molecule has 1 aromatic heterocycles. The van der Waals surface area contributed by atoms with Gasteiger partial charge in [-0.25, -0.2) is 9.67 Å². The van der Waals surface area contributed by atoms with Crippen LogP contribution in [0.3, 0.4) is 0 Å². The monoisotopic (exact) mass is 223 g/mol. The molecule has 0 saturated carbocycles. The van der Waals surface area contributed by atoms with Gasteiger partial charge in [-0.2, -0.15) is 18.3 Å². The van der Waals surface area contributed by atoms with Crippen molar-refractivity contribution in [1.29, 1.82) is 0 Å². The molecule has 1 aromatic rings. The van der Waals surface area contributed by atoms with E-state index in [0.29, 0.717) is 0 Å². The molecule has 86 valence electrons. The Labute approximate surface area is 84.7 Å². The lowest BCUT2D eigenvalue weighted by molar-refractivity contribution is -0.143. The molecule has 0 amide bonds. The molecule has 0 unspecified atom stereocenters. The van der Waals surface area contributed by atoms with Crippen molar-refractivity contribution < 1.29 is 18.3 Å². The van der Waals surface area contributed by atoms with Crippen molar-refractivity contribution >= 4 is 0 Å². The van der Waals surface area contributed by atoms with Crippen LogP contribution in [0.2, 0.25) is 0 Å². The summed E-state index contributed by atoms with van der Waals surface area (Å²) in [7, 11) is 0. The molecule has 7 heteroatoms. The molecular formula is C8H12F3N3O. The molecule has 4 nitrogen and oxygen atoms in total. The number of hydrogen-bond donors (Lipinski definition) is 1. The summed E-state index contributed by atoms with van der Waals surface area (Å²) in [4.78, 5) is 3.81. The van der Waals surface area contributed by atoms with Crippen molar-refractivity contribution in [2.45, 2.75) is 39.1 Å². The number of hydrogen-bond acceptors (Lipinski definition) is 3. The fraction of sp³-hybridized carbons (Fsp3) is 0.750. The number of rotatable bonds is 3. The summed E-state index contributed by atoms with van der Waals surface area (Å²) in [5, 5.41) is 12.3. The summed E-state index contributed by atoms with van der Waals surface area (Å²) in [6, 6.07) is 0.